The third-order valence-corrected chi connectivity index (χ3v) is 8.89. The van der Waals surface area contributed by atoms with Crippen molar-refractivity contribution in [2.75, 3.05) is 6.26 Å². The lowest BCUT2D eigenvalue weighted by Gasteiger charge is -2.46. The summed E-state index contributed by atoms with van der Waals surface area (Å²) in [5.41, 5.74) is 2.58. The van der Waals surface area contributed by atoms with E-state index in [0.29, 0.717) is 11.3 Å². The zero-order valence-electron chi connectivity index (χ0n) is 22.3. The third kappa shape index (κ3) is 4.81. The van der Waals surface area contributed by atoms with Crippen LogP contribution in [-0.2, 0) is 19.1 Å². The highest BCUT2D eigenvalue weighted by molar-refractivity contribution is 7.98. The van der Waals surface area contributed by atoms with Gasteiger partial charge in [-0.05, 0) is 50.3 Å². The second-order valence-corrected chi connectivity index (χ2v) is 11.7. The van der Waals surface area contributed by atoms with Gasteiger partial charge < -0.3 is 24.2 Å². The van der Waals surface area contributed by atoms with Gasteiger partial charge in [-0.2, -0.15) is 0 Å². The summed E-state index contributed by atoms with van der Waals surface area (Å²) in [4.78, 5) is 46.4. The van der Waals surface area contributed by atoms with Gasteiger partial charge in [0.1, 0.15) is 27.6 Å². The van der Waals surface area contributed by atoms with Crippen LogP contribution in [0.4, 0.5) is 4.79 Å². The summed E-state index contributed by atoms with van der Waals surface area (Å²) in [6.45, 7) is 8.66. The number of β-lactam (4-membered cyclic amide) rings is 1. The minimum absolute atomic E-state index is 0.0932. The molecular weight excluding hydrogens is 542 g/mol. The van der Waals surface area contributed by atoms with E-state index in [9.17, 15) is 19.5 Å². The molecule has 0 radical (unpaired) electrons. The Balaban J connectivity index is 1.40. The van der Waals surface area contributed by atoms with E-state index in [0.717, 1.165) is 25.9 Å². The second kappa shape index (κ2) is 10.3. The van der Waals surface area contributed by atoms with Gasteiger partial charge in [0.25, 0.3) is 0 Å². The van der Waals surface area contributed by atoms with Crippen LogP contribution in [0.15, 0.2) is 41.4 Å². The van der Waals surface area contributed by atoms with E-state index in [2.05, 4.69) is 4.98 Å². The molecule has 5 atom stereocenters. The molecule has 1 fully saturated rings. The smallest absolute Gasteiger partial charge is 0.421 e. The third-order valence-electron chi connectivity index (χ3n) is 6.94. The van der Waals surface area contributed by atoms with Crippen LogP contribution >= 0.6 is 23.1 Å². The predicted molar refractivity (Wildman–Crippen MR) is 145 cm³/mol. The molecule has 2 aliphatic rings. The molecule has 206 valence electrons. The Morgan fingerprint density at radius 3 is 2.49 bits per heavy atom. The van der Waals surface area contributed by atoms with Crippen molar-refractivity contribution in [1.29, 1.82) is 0 Å². The number of ether oxygens (including phenoxy) is 3. The molecule has 0 saturated carbocycles. The summed E-state index contributed by atoms with van der Waals surface area (Å²) in [5.74, 6) is -1.70. The number of fused-ring (bicyclic) bond motifs is 2. The number of hydrogen-bond acceptors (Lipinski definition) is 10. The van der Waals surface area contributed by atoms with E-state index in [-0.39, 0.29) is 23.6 Å². The lowest BCUT2D eigenvalue weighted by molar-refractivity contribution is -0.172. The van der Waals surface area contributed by atoms with Crippen molar-refractivity contribution >= 4 is 51.5 Å². The number of rotatable bonds is 7. The fourth-order valence-corrected chi connectivity index (χ4v) is 7.32. The number of aryl methyl sites for hydroxylation is 2. The van der Waals surface area contributed by atoms with E-state index in [4.69, 9.17) is 14.2 Å². The maximum atomic E-state index is 13.5. The predicted octanol–water partition coefficient (Wildman–Crippen LogP) is 4.41. The quantitative estimate of drug-likeness (QED) is 0.145. The minimum atomic E-state index is -1.28. The molecule has 1 amide bonds. The van der Waals surface area contributed by atoms with Crippen LogP contribution in [0.3, 0.4) is 0 Å². The molecule has 0 aliphatic carbocycles. The van der Waals surface area contributed by atoms with Crippen molar-refractivity contribution < 1.29 is 33.7 Å². The van der Waals surface area contributed by atoms with Crippen molar-refractivity contribution in [2.45, 2.75) is 58.1 Å². The van der Waals surface area contributed by atoms with Crippen molar-refractivity contribution in [3.05, 3.63) is 52.4 Å². The maximum Gasteiger partial charge on any atom is 0.516 e. The first kappa shape index (κ1) is 27.2. The molecule has 39 heavy (non-hydrogen) atoms. The van der Waals surface area contributed by atoms with Gasteiger partial charge in [-0.25, -0.2) is 14.6 Å². The molecule has 0 bridgehead atoms. The summed E-state index contributed by atoms with van der Waals surface area (Å²) in [5, 5.41) is 11.1. The lowest BCUT2D eigenvalue weighted by atomic mass is 9.77. The number of imidazole rings is 1. The first-order valence-corrected chi connectivity index (χ1v) is 14.5. The number of benzene rings is 1. The van der Waals surface area contributed by atoms with Crippen LogP contribution in [0.2, 0.25) is 0 Å². The largest absolute Gasteiger partial charge is 0.516 e. The van der Waals surface area contributed by atoms with Crippen LogP contribution in [0, 0.1) is 25.7 Å². The molecule has 4 heterocycles. The van der Waals surface area contributed by atoms with Gasteiger partial charge in [0.2, 0.25) is 12.2 Å². The Kier molecular flexibility index (Phi) is 7.21. The Hall–Kier alpha value is -3.35. The lowest BCUT2D eigenvalue weighted by Crippen LogP contribution is -2.63. The molecule has 0 spiro atoms. The number of aliphatic hydroxyl groups is 1. The molecule has 5 rings (SSSR count). The Bertz CT molecular complexity index is 1490. The van der Waals surface area contributed by atoms with Gasteiger partial charge in [-0.15, -0.1) is 23.1 Å². The van der Waals surface area contributed by atoms with E-state index < -0.39 is 30.4 Å². The van der Waals surface area contributed by atoms with Gasteiger partial charge in [0, 0.05) is 24.6 Å². The number of aromatic nitrogens is 2. The SMILES string of the molecule is CSc1ncn2cc(C3=C(C(=O)OC(C)OC(=O)Oc4cc(C)cc(C)c4)N4C(=O)[C@H]([C@@H](C)O)[C@H]4[C@H]3C)sc12. The van der Waals surface area contributed by atoms with Gasteiger partial charge in [0.15, 0.2) is 0 Å². The van der Waals surface area contributed by atoms with Crippen LogP contribution < -0.4 is 4.74 Å². The molecule has 1 aromatic carbocycles. The van der Waals surface area contributed by atoms with Gasteiger partial charge in [-0.1, -0.05) is 13.0 Å². The van der Waals surface area contributed by atoms with Crippen LogP contribution in [-0.4, -0.2) is 62.1 Å². The first-order chi connectivity index (χ1) is 18.5. The van der Waals surface area contributed by atoms with Crippen molar-refractivity contribution in [2.24, 2.45) is 11.8 Å². The number of carbonyl (C=O) groups is 3. The number of thioether (sulfide) groups is 1. The minimum Gasteiger partial charge on any atom is -0.421 e. The topological polar surface area (TPSA) is 120 Å². The normalized spacial score (nSPS) is 22.0. The zero-order chi connectivity index (χ0) is 28.2. The Labute approximate surface area is 233 Å². The van der Waals surface area contributed by atoms with Crippen molar-refractivity contribution in [3.63, 3.8) is 0 Å². The number of thiazole rings is 1. The molecule has 3 aromatic rings. The van der Waals surface area contributed by atoms with Crippen LogP contribution in [0.5, 0.6) is 5.75 Å². The molecule has 1 unspecified atom stereocenters. The highest BCUT2D eigenvalue weighted by Gasteiger charge is 2.60. The Morgan fingerprint density at radius 2 is 1.85 bits per heavy atom. The summed E-state index contributed by atoms with van der Waals surface area (Å²) >= 11 is 2.98. The zero-order valence-corrected chi connectivity index (χ0v) is 24.0. The van der Waals surface area contributed by atoms with Gasteiger partial charge in [-0.3, -0.25) is 9.20 Å². The number of amides is 1. The number of carbonyl (C=O) groups excluding carboxylic acids is 3. The summed E-state index contributed by atoms with van der Waals surface area (Å²) < 4.78 is 17.8. The molecule has 1 N–H and O–H groups in total. The monoisotopic (exact) mass is 571 g/mol. The average molecular weight is 572 g/mol. The van der Waals surface area contributed by atoms with Gasteiger partial charge in [0.05, 0.1) is 22.9 Å². The fourth-order valence-electron chi connectivity index (χ4n) is 5.40. The summed E-state index contributed by atoms with van der Waals surface area (Å²) in [7, 11) is 0. The number of esters is 1. The Morgan fingerprint density at radius 1 is 1.15 bits per heavy atom. The van der Waals surface area contributed by atoms with Crippen molar-refractivity contribution in [1.82, 2.24) is 14.3 Å². The molecule has 2 aliphatic heterocycles. The number of aliphatic hydroxyl groups excluding tert-OH is 1. The van der Waals surface area contributed by atoms with Crippen molar-refractivity contribution in [3.8, 4) is 5.75 Å². The van der Waals surface area contributed by atoms with Crippen LogP contribution in [0.1, 0.15) is 36.8 Å². The number of hydrogen-bond donors (Lipinski definition) is 1. The first-order valence-electron chi connectivity index (χ1n) is 12.4. The standard InChI is InChI=1S/C27H29N3O7S2/c1-12-7-13(2)9-17(8-12)37-27(34)36-16(5)35-26(33)22-19(14(3)21-20(15(4)31)24(32)30(21)22)18-10-29-11-28-23(38-6)25(29)39-18/h7-11,14-16,20-21,31H,1-6H3/t14-,15+,16?,20+,21+/m0/s1. The van der Waals surface area contributed by atoms with E-state index in [1.807, 2.05) is 43.7 Å². The van der Waals surface area contributed by atoms with Crippen LogP contribution in [0.25, 0.3) is 10.4 Å². The molecule has 2 aromatic heterocycles. The summed E-state index contributed by atoms with van der Waals surface area (Å²) in [6.07, 6.45) is 2.34. The molecule has 10 nitrogen and oxygen atoms in total. The van der Waals surface area contributed by atoms with E-state index >= 15 is 0 Å². The van der Waals surface area contributed by atoms with Gasteiger partial charge >= 0.3 is 12.1 Å². The molecule has 12 heteroatoms. The maximum absolute atomic E-state index is 13.5. The average Bonchev–Trinajstić information content (AvgIpc) is 3.47. The second-order valence-electron chi connectivity index (χ2n) is 9.84. The van der Waals surface area contributed by atoms with E-state index in [1.54, 1.807) is 25.4 Å². The highest BCUT2D eigenvalue weighted by Crippen LogP contribution is 2.52. The summed E-state index contributed by atoms with van der Waals surface area (Å²) in [6, 6.07) is 4.94. The molecule has 1 saturated heterocycles. The highest BCUT2D eigenvalue weighted by atomic mass is 32.2. The fraction of sp³-hybridized carbons (Fsp3) is 0.407. The molecular formula is C27H29N3O7S2. The van der Waals surface area contributed by atoms with E-state index in [1.165, 1.54) is 34.9 Å². The number of nitrogens with zero attached hydrogens (tertiary/aromatic N) is 3.